The monoisotopic (exact) mass is 138 g/mol. The maximum atomic E-state index is 7.57. The number of aliphatic hydroxyl groups excluding tert-OH is 1. The Labute approximate surface area is 73.4 Å². The molecule has 0 saturated carbocycles. The van der Waals surface area contributed by atoms with Crippen molar-refractivity contribution in [1.29, 1.82) is 0 Å². The summed E-state index contributed by atoms with van der Waals surface area (Å²) in [6.45, 7) is 1.93. The molecule has 0 amide bonds. The largest absolute Gasteiger partial charge is 1.00 e. The molecule has 0 spiro atoms. The van der Waals surface area contributed by atoms with Crippen LogP contribution < -0.4 is 18.9 Å². The second-order valence-electron chi connectivity index (χ2n) is 1.11. The average Bonchev–Trinajstić information content (AvgIpc) is 2.17. The van der Waals surface area contributed by atoms with Gasteiger partial charge >= 0.3 is 18.9 Å². The number of rotatable bonds is 0. The van der Waals surface area contributed by atoms with E-state index >= 15 is 0 Å². The van der Waals surface area contributed by atoms with Crippen LogP contribution in [0.15, 0.2) is 22.9 Å². The Morgan fingerprint density at radius 3 is 1.89 bits per heavy atom. The molecule has 0 saturated heterocycles. The van der Waals surface area contributed by atoms with Gasteiger partial charge in [0.15, 0.2) is 0 Å². The van der Waals surface area contributed by atoms with Crippen molar-refractivity contribution in [2.45, 2.75) is 6.92 Å². The molecular formula is C6H11LiOS. The molecule has 0 unspecified atom stereocenters. The Kier molecular flexibility index (Phi) is 14.8. The molecule has 48 valence electrons. The second-order valence-corrected chi connectivity index (χ2v) is 1.93. The van der Waals surface area contributed by atoms with Crippen molar-refractivity contribution in [3.8, 4) is 0 Å². The summed E-state index contributed by atoms with van der Waals surface area (Å²) in [4.78, 5) is 0. The van der Waals surface area contributed by atoms with Crippen LogP contribution in [0.3, 0.4) is 0 Å². The minimum atomic E-state index is 0. The third-order valence-electron chi connectivity index (χ3n) is 0.425. The van der Waals surface area contributed by atoms with Gasteiger partial charge in [-0.3, -0.25) is 0 Å². The summed E-state index contributed by atoms with van der Waals surface area (Å²) in [6.07, 6.45) is 0. The van der Waals surface area contributed by atoms with E-state index in [2.05, 4.69) is 0 Å². The van der Waals surface area contributed by atoms with Gasteiger partial charge in [-0.15, -0.1) is 0 Å². The molecule has 1 N–H and O–H groups in total. The molecule has 0 aliphatic heterocycles. The molecule has 1 aromatic heterocycles. The van der Waals surface area contributed by atoms with E-state index in [0.717, 1.165) is 0 Å². The number of hydrogen-bond donors (Lipinski definition) is 1. The Balaban J connectivity index is -0.0000000900. The molecule has 0 radical (unpaired) electrons. The normalized spacial score (nSPS) is 6.44. The summed E-state index contributed by atoms with van der Waals surface area (Å²) in [5, 5.41) is 11.7. The van der Waals surface area contributed by atoms with Crippen LogP contribution in [0.5, 0.6) is 0 Å². The number of aliphatic hydroxyl groups is 1. The fourth-order valence-corrected chi connectivity index (χ4v) is 0.680. The summed E-state index contributed by atoms with van der Waals surface area (Å²) in [5.74, 6) is 0. The van der Waals surface area contributed by atoms with Gasteiger partial charge in [0, 0.05) is 6.61 Å². The molecule has 0 bridgehead atoms. The molecule has 0 aliphatic rings. The van der Waals surface area contributed by atoms with E-state index < -0.39 is 0 Å². The first-order valence-electron chi connectivity index (χ1n) is 2.49. The fourth-order valence-electron chi connectivity index (χ4n) is 0.227. The predicted molar refractivity (Wildman–Crippen MR) is 38.2 cm³/mol. The van der Waals surface area contributed by atoms with E-state index in [1.807, 2.05) is 22.9 Å². The maximum Gasteiger partial charge on any atom is 1.00 e. The van der Waals surface area contributed by atoms with Crippen molar-refractivity contribution in [1.82, 2.24) is 0 Å². The molecule has 0 aliphatic carbocycles. The molecule has 1 rings (SSSR count). The standard InChI is InChI=1S/C4H4S.C2H6O.Li.H/c1-2-4-5-3-1;1-2-3;;/h1-4H;3H,2H2,1H3;;/q;;+1;-1. The van der Waals surface area contributed by atoms with Crippen LogP contribution in [-0.4, -0.2) is 11.7 Å². The van der Waals surface area contributed by atoms with Gasteiger partial charge in [-0.1, -0.05) is 12.1 Å². The molecular weight excluding hydrogens is 127 g/mol. The zero-order chi connectivity index (χ0) is 6.24. The summed E-state index contributed by atoms with van der Waals surface area (Å²) < 4.78 is 0. The zero-order valence-corrected chi connectivity index (χ0v) is 6.69. The molecule has 1 aromatic rings. The number of thiophene rings is 1. The van der Waals surface area contributed by atoms with Crippen LogP contribution in [0.4, 0.5) is 0 Å². The smallest absolute Gasteiger partial charge is 1.00 e. The van der Waals surface area contributed by atoms with Gasteiger partial charge in [-0.25, -0.2) is 0 Å². The molecule has 1 heterocycles. The molecule has 1 nitrogen and oxygen atoms in total. The maximum absolute atomic E-state index is 7.57. The van der Waals surface area contributed by atoms with Gasteiger partial charge in [0.25, 0.3) is 0 Å². The van der Waals surface area contributed by atoms with Crippen LogP contribution in [-0.2, 0) is 0 Å². The summed E-state index contributed by atoms with van der Waals surface area (Å²) in [5.41, 5.74) is 0. The molecule has 9 heavy (non-hydrogen) atoms. The Morgan fingerprint density at radius 1 is 1.44 bits per heavy atom. The summed E-state index contributed by atoms with van der Waals surface area (Å²) in [6, 6.07) is 4.04. The third kappa shape index (κ3) is 11.7. The Bertz CT molecular complexity index is 84.6. The minimum absolute atomic E-state index is 0. The summed E-state index contributed by atoms with van der Waals surface area (Å²) >= 11 is 1.71. The third-order valence-corrected chi connectivity index (χ3v) is 1.05. The topological polar surface area (TPSA) is 20.2 Å². The van der Waals surface area contributed by atoms with Gasteiger partial charge < -0.3 is 6.53 Å². The Morgan fingerprint density at radius 2 is 1.78 bits per heavy atom. The summed E-state index contributed by atoms with van der Waals surface area (Å²) in [7, 11) is 0. The molecule has 0 atom stereocenters. The Hall–Kier alpha value is 0.257. The SMILES string of the molecule is CCO.[H-].[Li+].c1ccsc1. The van der Waals surface area contributed by atoms with E-state index in [0.29, 0.717) is 0 Å². The van der Waals surface area contributed by atoms with Crippen LogP contribution in [0, 0.1) is 0 Å². The first kappa shape index (κ1) is 12.0. The average molecular weight is 138 g/mol. The van der Waals surface area contributed by atoms with E-state index in [4.69, 9.17) is 5.11 Å². The first-order chi connectivity index (χ1) is 3.91. The van der Waals surface area contributed by atoms with Crippen molar-refractivity contribution >= 4 is 11.3 Å². The van der Waals surface area contributed by atoms with Crippen molar-refractivity contribution in [3.05, 3.63) is 22.9 Å². The van der Waals surface area contributed by atoms with Crippen LogP contribution in [0.2, 0.25) is 0 Å². The van der Waals surface area contributed by atoms with Gasteiger partial charge in [0.2, 0.25) is 0 Å². The van der Waals surface area contributed by atoms with Gasteiger partial charge in [0.1, 0.15) is 0 Å². The van der Waals surface area contributed by atoms with Crippen LogP contribution >= 0.6 is 11.3 Å². The van der Waals surface area contributed by atoms with E-state index in [-0.39, 0.29) is 26.9 Å². The molecule has 0 aromatic carbocycles. The van der Waals surface area contributed by atoms with Crippen molar-refractivity contribution in [2.75, 3.05) is 6.61 Å². The van der Waals surface area contributed by atoms with E-state index in [1.165, 1.54) is 0 Å². The van der Waals surface area contributed by atoms with Crippen molar-refractivity contribution < 1.29 is 25.4 Å². The van der Waals surface area contributed by atoms with E-state index in [9.17, 15) is 0 Å². The van der Waals surface area contributed by atoms with Crippen molar-refractivity contribution in [2.24, 2.45) is 0 Å². The van der Waals surface area contributed by atoms with Gasteiger partial charge in [0.05, 0.1) is 0 Å². The van der Waals surface area contributed by atoms with Crippen LogP contribution in [0.1, 0.15) is 8.35 Å². The first-order valence-corrected chi connectivity index (χ1v) is 3.44. The molecule has 3 heteroatoms. The zero-order valence-electron chi connectivity index (χ0n) is 6.87. The van der Waals surface area contributed by atoms with Crippen molar-refractivity contribution in [3.63, 3.8) is 0 Å². The minimum Gasteiger partial charge on any atom is -1.00 e. The van der Waals surface area contributed by atoms with E-state index in [1.54, 1.807) is 18.3 Å². The quantitative estimate of drug-likeness (QED) is 0.449. The second kappa shape index (κ2) is 11.1. The predicted octanol–water partition coefficient (Wildman–Crippen LogP) is -1.14. The number of hydrogen-bond acceptors (Lipinski definition) is 2. The molecule has 0 fully saturated rings. The van der Waals surface area contributed by atoms with Crippen LogP contribution in [0.25, 0.3) is 0 Å². The fraction of sp³-hybridized carbons (Fsp3) is 0.333. The van der Waals surface area contributed by atoms with Gasteiger partial charge in [-0.05, 0) is 17.7 Å². The van der Waals surface area contributed by atoms with Gasteiger partial charge in [-0.2, -0.15) is 11.3 Å².